The van der Waals surface area contributed by atoms with Gasteiger partial charge in [-0.05, 0) is 25.0 Å². The summed E-state index contributed by atoms with van der Waals surface area (Å²) in [7, 11) is 0. The Balaban J connectivity index is 1.78. The minimum Gasteiger partial charge on any atom is -0.353 e. The van der Waals surface area contributed by atoms with Gasteiger partial charge in [0.05, 0.1) is 5.75 Å². The first-order valence-electron chi connectivity index (χ1n) is 7.52. The molecule has 0 spiro atoms. The average molecular weight is 313 g/mol. The zero-order valence-corrected chi connectivity index (χ0v) is 12.9. The number of rotatable bonds is 4. The zero-order chi connectivity index (χ0) is 15.1. The van der Waals surface area contributed by atoms with E-state index in [2.05, 4.69) is 5.32 Å². The van der Waals surface area contributed by atoms with Gasteiger partial charge in [-0.1, -0.05) is 32.1 Å². The number of thioether (sulfide) groups is 1. The van der Waals surface area contributed by atoms with Crippen LogP contribution in [-0.4, -0.2) is 17.7 Å². The van der Waals surface area contributed by atoms with Crippen molar-refractivity contribution in [1.82, 2.24) is 5.32 Å². The molecule has 1 saturated carbocycles. The van der Waals surface area contributed by atoms with E-state index in [-0.39, 0.29) is 17.7 Å². The van der Waals surface area contributed by atoms with Crippen molar-refractivity contribution in [2.24, 2.45) is 0 Å². The molecule has 1 amide bonds. The highest BCUT2D eigenvalue weighted by Gasteiger charge is 2.14. The number of amides is 1. The maximum atomic E-state index is 13.5. The molecule has 21 heavy (non-hydrogen) atoms. The maximum Gasteiger partial charge on any atom is 0.230 e. The van der Waals surface area contributed by atoms with Gasteiger partial charge in [0.15, 0.2) is 0 Å². The molecule has 2 rings (SSSR count). The largest absolute Gasteiger partial charge is 0.353 e. The maximum absolute atomic E-state index is 13.5. The van der Waals surface area contributed by atoms with Crippen molar-refractivity contribution in [3.8, 4) is 0 Å². The van der Waals surface area contributed by atoms with Crippen molar-refractivity contribution in [3.63, 3.8) is 0 Å². The van der Waals surface area contributed by atoms with Gasteiger partial charge in [0, 0.05) is 17.0 Å². The summed E-state index contributed by atoms with van der Waals surface area (Å²) >= 11 is 1.11. The van der Waals surface area contributed by atoms with E-state index < -0.39 is 11.6 Å². The van der Waals surface area contributed by atoms with Gasteiger partial charge in [0.2, 0.25) is 5.91 Å². The Bertz CT molecular complexity index is 473. The number of carbonyl (C=O) groups excluding carboxylic acids is 1. The predicted octanol–water partition coefficient (Wildman–Crippen LogP) is 4.29. The zero-order valence-electron chi connectivity index (χ0n) is 12.0. The lowest BCUT2D eigenvalue weighted by Crippen LogP contribution is -2.36. The van der Waals surface area contributed by atoms with Gasteiger partial charge in [0.1, 0.15) is 11.6 Å². The topological polar surface area (TPSA) is 29.1 Å². The summed E-state index contributed by atoms with van der Waals surface area (Å²) in [5.74, 6) is -1.12. The molecule has 5 heteroatoms. The Morgan fingerprint density at radius 2 is 1.81 bits per heavy atom. The molecule has 0 saturated heterocycles. The molecule has 1 fully saturated rings. The van der Waals surface area contributed by atoms with Gasteiger partial charge in [-0.2, -0.15) is 0 Å². The Kier molecular flexibility index (Phi) is 6.49. The lowest BCUT2D eigenvalue weighted by molar-refractivity contribution is -0.119. The fourth-order valence-corrected chi connectivity index (χ4v) is 3.34. The molecule has 1 aliphatic rings. The molecule has 0 heterocycles. The van der Waals surface area contributed by atoms with Crippen LogP contribution in [0.5, 0.6) is 0 Å². The summed E-state index contributed by atoms with van der Waals surface area (Å²) in [4.78, 5) is 12.2. The van der Waals surface area contributed by atoms with Crippen LogP contribution in [0.4, 0.5) is 8.78 Å². The number of nitrogens with one attached hydrogen (secondary N) is 1. The molecular weight excluding hydrogens is 292 g/mol. The van der Waals surface area contributed by atoms with Crippen molar-refractivity contribution in [3.05, 3.63) is 29.8 Å². The summed E-state index contributed by atoms with van der Waals surface area (Å²) in [5.41, 5.74) is 0. The summed E-state index contributed by atoms with van der Waals surface area (Å²) in [6, 6.07) is 3.67. The molecule has 1 N–H and O–H groups in total. The van der Waals surface area contributed by atoms with Gasteiger partial charge in [-0.15, -0.1) is 11.8 Å². The quantitative estimate of drug-likeness (QED) is 0.840. The highest BCUT2D eigenvalue weighted by atomic mass is 32.2. The molecule has 0 aromatic heterocycles. The van der Waals surface area contributed by atoms with Gasteiger partial charge < -0.3 is 5.32 Å². The first-order chi connectivity index (χ1) is 10.1. The van der Waals surface area contributed by atoms with Crippen LogP contribution in [-0.2, 0) is 4.79 Å². The predicted molar refractivity (Wildman–Crippen MR) is 81.3 cm³/mol. The van der Waals surface area contributed by atoms with Gasteiger partial charge >= 0.3 is 0 Å². The third kappa shape index (κ3) is 5.65. The second kappa shape index (κ2) is 8.37. The second-order valence-corrected chi connectivity index (χ2v) is 6.49. The third-order valence-corrected chi connectivity index (χ3v) is 4.77. The fraction of sp³-hybridized carbons (Fsp3) is 0.562. The fourth-order valence-electron chi connectivity index (χ4n) is 2.61. The number of benzene rings is 1. The molecule has 1 aliphatic carbocycles. The van der Waals surface area contributed by atoms with Crippen LogP contribution >= 0.6 is 11.8 Å². The van der Waals surface area contributed by atoms with Gasteiger partial charge in [-0.3, -0.25) is 4.79 Å². The van der Waals surface area contributed by atoms with Crippen LogP contribution in [0.1, 0.15) is 44.9 Å². The van der Waals surface area contributed by atoms with Crippen molar-refractivity contribution >= 4 is 17.7 Å². The van der Waals surface area contributed by atoms with Gasteiger partial charge in [0.25, 0.3) is 0 Å². The number of hydrogen-bond donors (Lipinski definition) is 1. The van der Waals surface area contributed by atoms with E-state index in [0.717, 1.165) is 43.5 Å². The molecular formula is C16H21F2NOS. The number of hydrogen-bond acceptors (Lipinski definition) is 2. The minimum absolute atomic E-state index is 0.0747. The number of halogens is 2. The Hall–Kier alpha value is -1.10. The summed E-state index contributed by atoms with van der Waals surface area (Å²) in [6.07, 6.45) is 8.14. The highest BCUT2D eigenvalue weighted by molar-refractivity contribution is 8.00. The second-order valence-electron chi connectivity index (χ2n) is 5.47. The Morgan fingerprint density at radius 3 is 2.48 bits per heavy atom. The van der Waals surface area contributed by atoms with Crippen LogP contribution in [0.3, 0.4) is 0 Å². The van der Waals surface area contributed by atoms with Crippen LogP contribution in [0.15, 0.2) is 23.1 Å². The van der Waals surface area contributed by atoms with Crippen molar-refractivity contribution in [1.29, 1.82) is 0 Å². The van der Waals surface area contributed by atoms with E-state index in [1.54, 1.807) is 0 Å². The summed E-state index contributed by atoms with van der Waals surface area (Å²) in [5, 5.41) is 3.03. The molecule has 2 nitrogen and oxygen atoms in total. The third-order valence-electron chi connectivity index (χ3n) is 3.72. The molecule has 1 aromatic rings. The highest BCUT2D eigenvalue weighted by Crippen LogP contribution is 2.22. The molecule has 116 valence electrons. The normalized spacial score (nSPS) is 17.0. The summed E-state index contributed by atoms with van der Waals surface area (Å²) in [6.45, 7) is 0. The Labute approximate surface area is 128 Å². The monoisotopic (exact) mass is 313 g/mol. The lowest BCUT2D eigenvalue weighted by Gasteiger charge is -2.20. The van der Waals surface area contributed by atoms with E-state index in [1.165, 1.54) is 31.4 Å². The average Bonchev–Trinajstić information content (AvgIpc) is 2.41. The van der Waals surface area contributed by atoms with E-state index in [4.69, 9.17) is 0 Å². The Morgan fingerprint density at radius 1 is 1.14 bits per heavy atom. The van der Waals surface area contributed by atoms with E-state index in [1.807, 2.05) is 0 Å². The van der Waals surface area contributed by atoms with Crippen LogP contribution in [0.25, 0.3) is 0 Å². The molecule has 0 radical (unpaired) electrons. The first-order valence-corrected chi connectivity index (χ1v) is 8.51. The van der Waals surface area contributed by atoms with Crippen LogP contribution < -0.4 is 5.32 Å². The first kappa shape index (κ1) is 16.3. The van der Waals surface area contributed by atoms with E-state index >= 15 is 0 Å². The number of carbonyl (C=O) groups is 1. The van der Waals surface area contributed by atoms with E-state index in [9.17, 15) is 13.6 Å². The van der Waals surface area contributed by atoms with Crippen molar-refractivity contribution < 1.29 is 13.6 Å². The molecule has 0 unspecified atom stereocenters. The molecule has 0 bridgehead atoms. The SMILES string of the molecule is O=C(CSc1ccc(F)cc1F)NC1CCCCCCC1. The van der Waals surface area contributed by atoms with Crippen LogP contribution in [0, 0.1) is 11.6 Å². The van der Waals surface area contributed by atoms with Crippen LogP contribution in [0.2, 0.25) is 0 Å². The van der Waals surface area contributed by atoms with E-state index in [0.29, 0.717) is 4.90 Å². The molecule has 0 aliphatic heterocycles. The molecule has 1 aromatic carbocycles. The lowest BCUT2D eigenvalue weighted by atomic mass is 9.97. The van der Waals surface area contributed by atoms with Gasteiger partial charge in [-0.25, -0.2) is 8.78 Å². The standard InChI is InChI=1S/C16H21F2NOS/c17-12-8-9-15(14(18)10-12)21-11-16(20)19-13-6-4-2-1-3-5-7-13/h8-10,13H,1-7,11H2,(H,19,20). The minimum atomic E-state index is -0.612. The summed E-state index contributed by atoms with van der Waals surface area (Å²) < 4.78 is 26.3. The van der Waals surface area contributed by atoms with Crippen molar-refractivity contribution in [2.75, 3.05) is 5.75 Å². The van der Waals surface area contributed by atoms with Crippen molar-refractivity contribution in [2.45, 2.75) is 55.9 Å². The molecule has 0 atom stereocenters. The smallest absolute Gasteiger partial charge is 0.230 e.